The minimum absolute atomic E-state index is 0.0325. The molecule has 0 unspecified atom stereocenters. The van der Waals surface area contributed by atoms with E-state index in [1.165, 1.54) is 0 Å². The number of carboxylic acids is 1. The summed E-state index contributed by atoms with van der Waals surface area (Å²) in [5, 5.41) is 11.7. The molecule has 214 valence electrons. The Morgan fingerprint density at radius 3 is 2.45 bits per heavy atom. The van der Waals surface area contributed by atoms with E-state index in [0.29, 0.717) is 16.5 Å². The van der Waals surface area contributed by atoms with Gasteiger partial charge in [-0.15, -0.1) is 16.0 Å². The number of hydrogen-bond acceptors (Lipinski definition) is 5. The number of thiophene rings is 1. The first-order valence-corrected chi connectivity index (χ1v) is 15.2. The smallest absolute Gasteiger partial charge is 0.348 e. The Kier molecular flexibility index (Phi) is 9.68. The maximum atomic E-state index is 14.1. The lowest BCUT2D eigenvalue weighted by atomic mass is 9.82. The fraction of sp³-hybridized carbons (Fsp3) is 0.562. The summed E-state index contributed by atoms with van der Waals surface area (Å²) in [6.45, 7) is 8.29. The first kappa shape index (κ1) is 29.8. The highest BCUT2D eigenvalue weighted by molar-refractivity contribution is 7.15. The van der Waals surface area contributed by atoms with E-state index in [1.54, 1.807) is 23.5 Å². The Morgan fingerprint density at radius 2 is 1.85 bits per heavy atom. The molecule has 7 nitrogen and oxygen atoms in total. The molecule has 2 saturated carbocycles. The number of carbonyl (C=O) groups excluding carboxylic acids is 1. The molecule has 1 amide bonds. The van der Waals surface area contributed by atoms with E-state index in [2.05, 4.69) is 30.0 Å². The van der Waals surface area contributed by atoms with E-state index >= 15 is 0 Å². The maximum absolute atomic E-state index is 14.1. The second-order valence-electron chi connectivity index (χ2n) is 12.3. The zero-order valence-corrected chi connectivity index (χ0v) is 25.2. The number of anilines is 1. The minimum atomic E-state index is -1.04. The van der Waals surface area contributed by atoms with Crippen molar-refractivity contribution in [1.29, 1.82) is 0 Å². The van der Waals surface area contributed by atoms with Crippen LogP contribution in [-0.2, 0) is 4.79 Å². The Hall–Kier alpha value is -3.18. The fourth-order valence-electron chi connectivity index (χ4n) is 5.46. The van der Waals surface area contributed by atoms with Gasteiger partial charge in [0.15, 0.2) is 13.3 Å². The summed E-state index contributed by atoms with van der Waals surface area (Å²) in [5.41, 5.74) is 0.193. The predicted molar refractivity (Wildman–Crippen MR) is 159 cm³/mol. The van der Waals surface area contributed by atoms with Crippen LogP contribution in [0.1, 0.15) is 93.6 Å². The Bertz CT molecular complexity index is 1270. The third kappa shape index (κ3) is 7.94. The van der Waals surface area contributed by atoms with E-state index in [0.717, 1.165) is 68.5 Å². The Balaban J connectivity index is 1.60. The molecule has 0 radical (unpaired) electrons. The number of ether oxygens (including phenoxy) is 1. The van der Waals surface area contributed by atoms with E-state index in [9.17, 15) is 14.7 Å². The summed E-state index contributed by atoms with van der Waals surface area (Å²) >= 11 is 1.14. The zero-order chi connectivity index (χ0) is 28.9. The van der Waals surface area contributed by atoms with E-state index in [4.69, 9.17) is 4.74 Å². The van der Waals surface area contributed by atoms with Crippen molar-refractivity contribution >= 4 is 35.1 Å². The van der Waals surface area contributed by atoms with Gasteiger partial charge in [-0.1, -0.05) is 23.8 Å². The highest BCUT2D eigenvalue weighted by atomic mass is 32.1. The SMILES string of the molecule is CC1CCC(C(=O)N(c2cc(C#CC(C)(C)C)sc2C(=O)O)[N+](C)=CC2CCC(Oc3cccnc3)CC2)CC1. The van der Waals surface area contributed by atoms with Gasteiger partial charge in [0, 0.05) is 23.4 Å². The van der Waals surface area contributed by atoms with Crippen LogP contribution in [0.25, 0.3) is 0 Å². The average Bonchev–Trinajstić information content (AvgIpc) is 3.33. The molecule has 2 heterocycles. The van der Waals surface area contributed by atoms with Crippen LogP contribution in [0.3, 0.4) is 0 Å². The molecule has 0 atom stereocenters. The van der Waals surface area contributed by atoms with Crippen LogP contribution in [-0.4, -0.2) is 46.0 Å². The Labute approximate surface area is 242 Å². The van der Waals surface area contributed by atoms with Gasteiger partial charge in [0.1, 0.15) is 16.3 Å². The number of rotatable bonds is 7. The average molecular weight is 565 g/mol. The number of hydrogen-bond donors (Lipinski definition) is 1. The number of aromatic nitrogens is 1. The molecular weight excluding hydrogens is 522 g/mol. The van der Waals surface area contributed by atoms with Crippen LogP contribution < -0.4 is 9.75 Å². The number of hydrazone groups is 1. The Morgan fingerprint density at radius 1 is 1.15 bits per heavy atom. The van der Waals surface area contributed by atoms with Crippen LogP contribution in [0.4, 0.5) is 5.69 Å². The van der Waals surface area contributed by atoms with Crippen molar-refractivity contribution in [3.8, 4) is 17.6 Å². The number of amides is 1. The monoisotopic (exact) mass is 564 g/mol. The van der Waals surface area contributed by atoms with Crippen LogP contribution in [0.5, 0.6) is 5.75 Å². The van der Waals surface area contributed by atoms with Crippen LogP contribution in [0.15, 0.2) is 30.6 Å². The number of pyridine rings is 1. The molecule has 0 spiro atoms. The minimum Gasteiger partial charge on any atom is -0.489 e. The van der Waals surface area contributed by atoms with Gasteiger partial charge >= 0.3 is 5.97 Å². The van der Waals surface area contributed by atoms with Crippen molar-refractivity contribution in [2.45, 2.75) is 85.2 Å². The lowest BCUT2D eigenvalue weighted by molar-refractivity contribution is -0.499. The van der Waals surface area contributed by atoms with Gasteiger partial charge in [-0.05, 0) is 96.3 Å². The lowest BCUT2D eigenvalue weighted by Crippen LogP contribution is -2.45. The van der Waals surface area contributed by atoms with E-state index in [-0.39, 0.29) is 34.1 Å². The van der Waals surface area contributed by atoms with Crippen molar-refractivity contribution < 1.29 is 24.1 Å². The van der Waals surface area contributed by atoms with Gasteiger partial charge < -0.3 is 9.84 Å². The zero-order valence-electron chi connectivity index (χ0n) is 24.4. The van der Waals surface area contributed by atoms with Crippen LogP contribution in [0.2, 0.25) is 0 Å². The van der Waals surface area contributed by atoms with Gasteiger partial charge in [0.25, 0.3) is 5.91 Å². The summed E-state index contributed by atoms with van der Waals surface area (Å²) in [6.07, 6.45) is 13.0. The molecule has 2 aromatic rings. The highest BCUT2D eigenvalue weighted by Gasteiger charge is 2.37. The quantitative estimate of drug-likeness (QED) is 0.176. The summed E-state index contributed by atoms with van der Waals surface area (Å²) < 4.78 is 7.95. The number of nitrogens with zero attached hydrogens (tertiary/aromatic N) is 3. The largest absolute Gasteiger partial charge is 0.489 e. The van der Waals surface area contributed by atoms with Gasteiger partial charge in [-0.2, -0.15) is 0 Å². The van der Waals surface area contributed by atoms with Crippen molar-refractivity contribution in [2.75, 3.05) is 12.1 Å². The first-order valence-electron chi connectivity index (χ1n) is 14.4. The number of aromatic carboxylic acids is 1. The lowest BCUT2D eigenvalue weighted by Gasteiger charge is -2.29. The highest BCUT2D eigenvalue weighted by Crippen LogP contribution is 2.35. The summed E-state index contributed by atoms with van der Waals surface area (Å²) in [5.74, 6) is 6.80. The number of hydrazine groups is 1. The van der Waals surface area contributed by atoms with Crippen molar-refractivity contribution in [3.63, 3.8) is 0 Å². The van der Waals surface area contributed by atoms with Crippen LogP contribution >= 0.6 is 11.3 Å². The van der Waals surface area contributed by atoms with Gasteiger partial charge in [-0.3, -0.25) is 9.78 Å². The van der Waals surface area contributed by atoms with Crippen molar-refractivity contribution in [1.82, 2.24) is 4.98 Å². The van der Waals surface area contributed by atoms with Gasteiger partial charge in [0.05, 0.1) is 17.2 Å². The van der Waals surface area contributed by atoms with E-state index < -0.39 is 5.97 Å². The second-order valence-corrected chi connectivity index (χ2v) is 13.4. The van der Waals surface area contributed by atoms with Crippen molar-refractivity contribution in [2.24, 2.45) is 23.2 Å². The molecule has 0 saturated heterocycles. The molecule has 0 bridgehead atoms. The molecule has 0 aliphatic heterocycles. The first-order chi connectivity index (χ1) is 19.0. The molecule has 2 fully saturated rings. The van der Waals surface area contributed by atoms with Gasteiger partial charge in [-0.25, -0.2) is 4.79 Å². The van der Waals surface area contributed by atoms with Crippen LogP contribution in [0, 0.1) is 35.0 Å². The molecule has 1 N–H and O–H groups in total. The molecule has 40 heavy (non-hydrogen) atoms. The summed E-state index contributed by atoms with van der Waals surface area (Å²) in [6, 6.07) is 5.58. The molecule has 2 aromatic heterocycles. The normalized spacial score (nSPS) is 23.6. The number of carbonyl (C=O) groups is 2. The molecular formula is C32H42N3O4S+. The van der Waals surface area contributed by atoms with E-state index in [1.807, 2.05) is 44.6 Å². The maximum Gasteiger partial charge on any atom is 0.348 e. The summed E-state index contributed by atoms with van der Waals surface area (Å²) in [4.78, 5) is 31.3. The van der Waals surface area contributed by atoms with Crippen molar-refractivity contribution in [3.05, 3.63) is 40.3 Å². The number of carboxylic acid groups (broad SMARTS) is 1. The van der Waals surface area contributed by atoms with Gasteiger partial charge in [0.2, 0.25) is 0 Å². The molecule has 2 aliphatic carbocycles. The third-order valence-electron chi connectivity index (χ3n) is 7.67. The fourth-order valence-corrected chi connectivity index (χ4v) is 6.29. The predicted octanol–water partition coefficient (Wildman–Crippen LogP) is 6.66. The molecule has 0 aromatic carbocycles. The topological polar surface area (TPSA) is 82.7 Å². The molecule has 8 heteroatoms. The standard InChI is InChI=1S/C32H41N3O4S/c1-22-8-12-24(13-9-22)30(36)35(28-19-27(16-17-32(2,3)4)40-29(28)31(37)38)34(5)21-23-10-14-25(15-11-23)39-26-7-6-18-33-20-26/h6-7,18-25H,8-15H2,1-5H3/p+1. The second kappa shape index (κ2) is 13.0. The third-order valence-corrected chi connectivity index (χ3v) is 8.70. The molecule has 4 rings (SSSR count). The molecule has 2 aliphatic rings. The summed E-state index contributed by atoms with van der Waals surface area (Å²) in [7, 11) is 1.87.